The number of nitrogens with zero attached hydrogens (tertiary/aromatic N) is 2. The molecule has 7 heteroatoms. The van der Waals surface area contributed by atoms with Gasteiger partial charge in [0.25, 0.3) is 5.91 Å². The molecule has 0 aromatic carbocycles. The van der Waals surface area contributed by atoms with Crippen LogP contribution in [0.25, 0.3) is 11.3 Å². The molecule has 0 radical (unpaired) electrons. The summed E-state index contributed by atoms with van der Waals surface area (Å²) in [5.41, 5.74) is 2.03. The van der Waals surface area contributed by atoms with Gasteiger partial charge in [-0.15, -0.1) is 0 Å². The first kappa shape index (κ1) is 19.2. The Labute approximate surface area is 152 Å². The third-order valence-corrected chi connectivity index (χ3v) is 4.79. The summed E-state index contributed by atoms with van der Waals surface area (Å²) in [6.45, 7) is 2.53. The van der Waals surface area contributed by atoms with Crippen molar-refractivity contribution in [1.29, 1.82) is 0 Å². The number of aromatic nitrogens is 3. The molecule has 134 valence electrons. The van der Waals surface area contributed by atoms with Gasteiger partial charge >= 0.3 is 0 Å². The standard InChI is InChI=1S/C18H24N4O2S/c1-2-17(23)25-11-6-4-3-5-10-20-18(24)16-12-15(21-22-16)14-8-7-9-19-13-14/h7-9,12-13H,2-6,10-11H2,1H3,(H,20,24)(H,21,22). The molecular weight excluding hydrogens is 336 g/mol. The normalized spacial score (nSPS) is 10.6. The van der Waals surface area contributed by atoms with Crippen molar-refractivity contribution < 1.29 is 9.59 Å². The summed E-state index contributed by atoms with van der Waals surface area (Å²) in [4.78, 5) is 27.3. The Bertz CT molecular complexity index is 673. The molecular formula is C18H24N4O2S. The van der Waals surface area contributed by atoms with E-state index in [2.05, 4.69) is 20.5 Å². The number of carbonyl (C=O) groups excluding carboxylic acids is 2. The van der Waals surface area contributed by atoms with Crippen LogP contribution in [0, 0.1) is 0 Å². The summed E-state index contributed by atoms with van der Waals surface area (Å²) in [7, 11) is 0. The molecule has 0 aliphatic rings. The zero-order valence-electron chi connectivity index (χ0n) is 14.5. The van der Waals surface area contributed by atoms with Crippen molar-refractivity contribution in [3.8, 4) is 11.3 Å². The molecule has 0 fully saturated rings. The van der Waals surface area contributed by atoms with E-state index in [4.69, 9.17) is 0 Å². The van der Waals surface area contributed by atoms with Crippen LogP contribution in [0.4, 0.5) is 0 Å². The maximum atomic E-state index is 12.1. The molecule has 2 aromatic rings. The number of nitrogens with one attached hydrogen (secondary N) is 2. The first-order valence-corrected chi connectivity index (χ1v) is 9.59. The minimum absolute atomic E-state index is 0.147. The van der Waals surface area contributed by atoms with E-state index >= 15 is 0 Å². The first-order chi connectivity index (χ1) is 12.2. The molecule has 0 saturated carbocycles. The lowest BCUT2D eigenvalue weighted by atomic mass is 10.2. The molecule has 2 rings (SSSR count). The lowest BCUT2D eigenvalue weighted by Crippen LogP contribution is -2.24. The van der Waals surface area contributed by atoms with Crippen LogP contribution in [0.5, 0.6) is 0 Å². The predicted molar refractivity (Wildman–Crippen MR) is 100 cm³/mol. The molecule has 2 heterocycles. The molecule has 0 spiro atoms. The summed E-state index contributed by atoms with van der Waals surface area (Å²) in [5, 5.41) is 10.1. The minimum Gasteiger partial charge on any atom is -0.351 e. The number of pyridine rings is 1. The summed E-state index contributed by atoms with van der Waals surface area (Å²) in [6, 6.07) is 5.46. The van der Waals surface area contributed by atoms with Crippen LogP contribution in [-0.2, 0) is 4.79 Å². The highest BCUT2D eigenvalue weighted by Gasteiger charge is 2.10. The Morgan fingerprint density at radius 1 is 1.24 bits per heavy atom. The van der Waals surface area contributed by atoms with Gasteiger partial charge in [-0.1, -0.05) is 31.5 Å². The van der Waals surface area contributed by atoms with Crippen molar-refractivity contribution in [3.05, 3.63) is 36.3 Å². The van der Waals surface area contributed by atoms with E-state index in [1.54, 1.807) is 18.5 Å². The van der Waals surface area contributed by atoms with Crippen molar-refractivity contribution in [2.75, 3.05) is 12.3 Å². The highest BCUT2D eigenvalue weighted by molar-refractivity contribution is 8.13. The topological polar surface area (TPSA) is 87.7 Å². The van der Waals surface area contributed by atoms with Crippen LogP contribution in [0.2, 0.25) is 0 Å². The highest BCUT2D eigenvalue weighted by Crippen LogP contribution is 2.15. The minimum atomic E-state index is -0.147. The molecule has 25 heavy (non-hydrogen) atoms. The van der Waals surface area contributed by atoms with Gasteiger partial charge in [-0.05, 0) is 31.0 Å². The molecule has 0 aliphatic heterocycles. The Hall–Kier alpha value is -2.15. The monoisotopic (exact) mass is 360 g/mol. The number of hydrogen-bond donors (Lipinski definition) is 2. The predicted octanol–water partition coefficient (Wildman–Crippen LogP) is 3.43. The SMILES string of the molecule is CCC(=O)SCCCCCCNC(=O)c1cc(-c2cccnc2)n[nH]1. The smallest absolute Gasteiger partial charge is 0.269 e. The Kier molecular flexibility index (Phi) is 8.18. The van der Waals surface area contributed by atoms with Crippen molar-refractivity contribution in [2.45, 2.75) is 39.0 Å². The maximum absolute atomic E-state index is 12.1. The Morgan fingerprint density at radius 3 is 2.84 bits per heavy atom. The number of carbonyl (C=O) groups is 2. The molecule has 6 nitrogen and oxygen atoms in total. The van der Waals surface area contributed by atoms with Gasteiger partial charge in [0.1, 0.15) is 5.69 Å². The summed E-state index contributed by atoms with van der Waals surface area (Å²) < 4.78 is 0. The number of rotatable bonds is 10. The second kappa shape index (κ2) is 10.7. The van der Waals surface area contributed by atoms with Crippen molar-refractivity contribution in [1.82, 2.24) is 20.5 Å². The van der Waals surface area contributed by atoms with E-state index < -0.39 is 0 Å². The van der Waals surface area contributed by atoms with E-state index in [1.165, 1.54) is 11.8 Å². The summed E-state index contributed by atoms with van der Waals surface area (Å²) >= 11 is 1.42. The van der Waals surface area contributed by atoms with Gasteiger partial charge in [-0.3, -0.25) is 19.7 Å². The van der Waals surface area contributed by atoms with Gasteiger partial charge in [0, 0.05) is 36.7 Å². The highest BCUT2D eigenvalue weighted by atomic mass is 32.2. The summed E-state index contributed by atoms with van der Waals surface area (Å²) in [5.74, 6) is 0.747. The largest absolute Gasteiger partial charge is 0.351 e. The maximum Gasteiger partial charge on any atom is 0.269 e. The molecule has 2 N–H and O–H groups in total. The van der Waals surface area contributed by atoms with Crippen LogP contribution in [0.3, 0.4) is 0 Å². The average Bonchev–Trinajstić information content (AvgIpc) is 3.14. The quantitative estimate of drug-likeness (QED) is 0.634. The Morgan fingerprint density at radius 2 is 2.08 bits per heavy atom. The number of amides is 1. The van der Waals surface area contributed by atoms with Gasteiger partial charge in [0.05, 0.1) is 5.69 Å². The van der Waals surface area contributed by atoms with Gasteiger partial charge < -0.3 is 5.32 Å². The molecule has 0 atom stereocenters. The number of aromatic amines is 1. The average molecular weight is 360 g/mol. The van der Waals surface area contributed by atoms with E-state index in [1.807, 2.05) is 19.1 Å². The fraction of sp³-hybridized carbons (Fsp3) is 0.444. The zero-order valence-corrected chi connectivity index (χ0v) is 15.3. The third-order valence-electron chi connectivity index (χ3n) is 3.69. The lowest BCUT2D eigenvalue weighted by molar-refractivity contribution is -0.110. The van der Waals surface area contributed by atoms with Crippen LogP contribution in [0.1, 0.15) is 49.5 Å². The van der Waals surface area contributed by atoms with Gasteiger partial charge in [0.15, 0.2) is 5.12 Å². The molecule has 0 bridgehead atoms. The van der Waals surface area contributed by atoms with Crippen molar-refractivity contribution >= 4 is 22.8 Å². The number of H-pyrrole nitrogens is 1. The zero-order chi connectivity index (χ0) is 17.9. The number of hydrogen-bond acceptors (Lipinski definition) is 5. The third kappa shape index (κ3) is 6.70. The Balaban J connectivity index is 1.61. The second-order valence-corrected chi connectivity index (χ2v) is 6.80. The van der Waals surface area contributed by atoms with Crippen molar-refractivity contribution in [3.63, 3.8) is 0 Å². The van der Waals surface area contributed by atoms with Crippen LogP contribution in [-0.4, -0.2) is 38.5 Å². The fourth-order valence-corrected chi connectivity index (χ4v) is 3.05. The summed E-state index contributed by atoms with van der Waals surface area (Å²) in [6.07, 6.45) is 8.11. The van der Waals surface area contributed by atoms with E-state index in [0.29, 0.717) is 24.4 Å². The molecule has 0 aliphatic carbocycles. The van der Waals surface area contributed by atoms with Crippen LogP contribution < -0.4 is 5.32 Å². The second-order valence-electron chi connectivity index (χ2n) is 5.65. The molecule has 1 amide bonds. The van der Waals surface area contributed by atoms with Gasteiger partial charge in [-0.25, -0.2) is 0 Å². The molecule has 2 aromatic heterocycles. The number of thioether (sulfide) groups is 1. The van der Waals surface area contributed by atoms with Crippen LogP contribution in [0.15, 0.2) is 30.6 Å². The lowest BCUT2D eigenvalue weighted by Gasteiger charge is -2.03. The van der Waals surface area contributed by atoms with Crippen LogP contribution >= 0.6 is 11.8 Å². The van der Waals surface area contributed by atoms with E-state index in [0.717, 1.165) is 37.0 Å². The van der Waals surface area contributed by atoms with Gasteiger partial charge in [-0.2, -0.15) is 5.10 Å². The fourth-order valence-electron chi connectivity index (χ4n) is 2.27. The first-order valence-electron chi connectivity index (χ1n) is 8.60. The van der Waals surface area contributed by atoms with E-state index in [9.17, 15) is 9.59 Å². The van der Waals surface area contributed by atoms with Gasteiger partial charge in [0.2, 0.25) is 0 Å². The number of unbranched alkanes of at least 4 members (excludes halogenated alkanes) is 3. The van der Waals surface area contributed by atoms with Crippen molar-refractivity contribution in [2.24, 2.45) is 0 Å². The van der Waals surface area contributed by atoms with E-state index in [-0.39, 0.29) is 11.0 Å². The molecule has 0 saturated heterocycles. The molecule has 0 unspecified atom stereocenters.